The van der Waals surface area contributed by atoms with Crippen molar-refractivity contribution in [3.63, 3.8) is 0 Å². The molecule has 6 nitrogen and oxygen atoms in total. The monoisotopic (exact) mass is 445 g/mol. The van der Waals surface area contributed by atoms with Crippen LogP contribution < -0.4 is 15.4 Å². The van der Waals surface area contributed by atoms with Crippen LogP contribution in [0.15, 0.2) is 66.0 Å². The van der Waals surface area contributed by atoms with Gasteiger partial charge in [-0.05, 0) is 35.4 Å². The normalized spacial score (nSPS) is 10.7. The number of aromatic nitrogens is 1. The summed E-state index contributed by atoms with van der Waals surface area (Å²) in [6.45, 7) is 1.88. The highest BCUT2D eigenvalue weighted by Crippen LogP contribution is 2.32. The number of nitrogens with one attached hydrogen (secondary N) is 2. The number of hydrogen-bond donors (Lipinski definition) is 2. The molecule has 162 valence electrons. The number of thiazole rings is 1. The van der Waals surface area contributed by atoms with Gasteiger partial charge in [0.05, 0.1) is 25.8 Å². The predicted octanol–water partition coefficient (Wildman–Crippen LogP) is 4.58. The maximum atomic E-state index is 12.4. The lowest BCUT2D eigenvalue weighted by molar-refractivity contribution is -0.123. The summed E-state index contributed by atoms with van der Waals surface area (Å²) in [4.78, 5) is 29.2. The van der Waals surface area contributed by atoms with Gasteiger partial charge in [0.2, 0.25) is 11.8 Å². The first-order valence-electron chi connectivity index (χ1n) is 10.2. The number of hydrogen-bond acceptors (Lipinski definition) is 5. The van der Waals surface area contributed by atoms with Crippen LogP contribution in [0.2, 0.25) is 0 Å². The number of methoxy groups -OCH3 is 1. The predicted molar refractivity (Wildman–Crippen MR) is 128 cm³/mol. The molecule has 0 bridgehead atoms. The Bertz CT molecular complexity index is 1280. The third kappa shape index (κ3) is 4.95. The molecular weight excluding hydrogens is 422 g/mol. The van der Waals surface area contributed by atoms with E-state index in [0.29, 0.717) is 5.13 Å². The number of nitrogens with zero attached hydrogens (tertiary/aromatic N) is 1. The van der Waals surface area contributed by atoms with Crippen LogP contribution in [0.25, 0.3) is 22.0 Å². The van der Waals surface area contributed by atoms with Gasteiger partial charge in [-0.2, -0.15) is 0 Å². The zero-order chi connectivity index (χ0) is 22.5. The van der Waals surface area contributed by atoms with E-state index in [0.717, 1.165) is 38.9 Å². The van der Waals surface area contributed by atoms with Gasteiger partial charge in [-0.3, -0.25) is 9.59 Å². The van der Waals surface area contributed by atoms with Crippen LogP contribution in [0.1, 0.15) is 11.1 Å². The topological polar surface area (TPSA) is 80.3 Å². The van der Waals surface area contributed by atoms with Gasteiger partial charge in [0.1, 0.15) is 5.75 Å². The second-order valence-corrected chi connectivity index (χ2v) is 8.24. The van der Waals surface area contributed by atoms with Gasteiger partial charge in [0.15, 0.2) is 5.13 Å². The van der Waals surface area contributed by atoms with Gasteiger partial charge in [-0.1, -0.05) is 54.1 Å². The molecule has 0 unspecified atom stereocenters. The Balaban J connectivity index is 1.35. The average molecular weight is 446 g/mol. The van der Waals surface area contributed by atoms with Gasteiger partial charge in [0, 0.05) is 10.9 Å². The van der Waals surface area contributed by atoms with E-state index < -0.39 is 0 Å². The SMILES string of the molecule is COc1ccc(C)cc1-c1csc(NC(=O)CNC(=O)Cc2cccc3ccccc23)n1. The maximum absolute atomic E-state index is 12.4. The highest BCUT2D eigenvalue weighted by atomic mass is 32.1. The summed E-state index contributed by atoms with van der Waals surface area (Å²) in [5.74, 6) is 0.189. The number of fused-ring (bicyclic) bond motifs is 1. The molecule has 0 aliphatic rings. The number of carbonyl (C=O) groups excluding carboxylic acids is 2. The third-order valence-corrected chi connectivity index (χ3v) is 5.82. The largest absolute Gasteiger partial charge is 0.496 e. The molecule has 2 N–H and O–H groups in total. The summed E-state index contributed by atoms with van der Waals surface area (Å²) in [5.41, 5.74) is 3.62. The number of aryl methyl sites for hydroxylation is 1. The quantitative estimate of drug-likeness (QED) is 0.436. The fourth-order valence-corrected chi connectivity index (χ4v) is 4.23. The van der Waals surface area contributed by atoms with Crippen molar-refractivity contribution in [2.75, 3.05) is 19.0 Å². The first-order valence-corrected chi connectivity index (χ1v) is 11.0. The molecule has 4 aromatic rings. The van der Waals surface area contributed by atoms with Crippen molar-refractivity contribution in [3.8, 4) is 17.0 Å². The Labute approximate surface area is 190 Å². The van der Waals surface area contributed by atoms with Crippen molar-refractivity contribution in [1.82, 2.24) is 10.3 Å². The molecule has 2 amide bonds. The molecule has 0 spiro atoms. The standard InChI is InChI=1S/C25H23N3O3S/c1-16-10-11-22(31-2)20(12-16)21-15-32-25(27-21)28-24(30)14-26-23(29)13-18-8-5-7-17-6-3-4-9-19(17)18/h3-12,15H,13-14H2,1-2H3,(H,26,29)(H,27,28,30). The molecule has 0 atom stereocenters. The third-order valence-electron chi connectivity index (χ3n) is 5.06. The molecule has 0 radical (unpaired) electrons. The fourth-order valence-electron chi connectivity index (χ4n) is 3.50. The number of rotatable bonds is 7. The van der Waals surface area contributed by atoms with E-state index in [1.807, 2.05) is 73.0 Å². The van der Waals surface area contributed by atoms with Gasteiger partial charge in [-0.15, -0.1) is 11.3 Å². The van der Waals surface area contributed by atoms with Crippen LogP contribution >= 0.6 is 11.3 Å². The summed E-state index contributed by atoms with van der Waals surface area (Å²) in [6, 6.07) is 19.7. The molecular formula is C25H23N3O3S. The minimum absolute atomic E-state index is 0.119. The van der Waals surface area contributed by atoms with Crippen LogP contribution in [-0.2, 0) is 16.0 Å². The van der Waals surface area contributed by atoms with Crippen LogP contribution in [0.4, 0.5) is 5.13 Å². The van der Waals surface area contributed by atoms with Crippen LogP contribution in [0.5, 0.6) is 5.75 Å². The van der Waals surface area contributed by atoms with E-state index in [-0.39, 0.29) is 24.8 Å². The molecule has 1 aromatic heterocycles. The van der Waals surface area contributed by atoms with Crippen molar-refractivity contribution >= 4 is 39.1 Å². The highest BCUT2D eigenvalue weighted by molar-refractivity contribution is 7.14. The van der Waals surface area contributed by atoms with Crippen molar-refractivity contribution in [1.29, 1.82) is 0 Å². The second-order valence-electron chi connectivity index (χ2n) is 7.38. The lowest BCUT2D eigenvalue weighted by Gasteiger charge is -2.08. The van der Waals surface area contributed by atoms with E-state index in [2.05, 4.69) is 15.6 Å². The lowest BCUT2D eigenvalue weighted by atomic mass is 10.0. The molecule has 0 aliphatic carbocycles. The summed E-state index contributed by atoms with van der Waals surface area (Å²) in [6.07, 6.45) is 0.211. The summed E-state index contributed by atoms with van der Waals surface area (Å²) in [5, 5.41) is 9.89. The molecule has 0 fully saturated rings. The van der Waals surface area contributed by atoms with Gasteiger partial charge < -0.3 is 15.4 Å². The number of ether oxygens (including phenoxy) is 1. The number of anilines is 1. The number of benzene rings is 3. The van der Waals surface area contributed by atoms with Crippen molar-refractivity contribution in [3.05, 3.63) is 77.2 Å². The van der Waals surface area contributed by atoms with Crippen LogP contribution in [0, 0.1) is 6.92 Å². The minimum Gasteiger partial charge on any atom is -0.496 e. The van der Waals surface area contributed by atoms with Gasteiger partial charge >= 0.3 is 0 Å². The molecule has 7 heteroatoms. The van der Waals surface area contributed by atoms with Crippen molar-refractivity contribution in [2.45, 2.75) is 13.3 Å². The lowest BCUT2D eigenvalue weighted by Crippen LogP contribution is -2.33. The minimum atomic E-state index is -0.326. The van der Waals surface area contributed by atoms with Gasteiger partial charge in [0.25, 0.3) is 0 Å². The first kappa shape index (κ1) is 21.5. The van der Waals surface area contributed by atoms with E-state index in [4.69, 9.17) is 4.74 Å². The Hall–Kier alpha value is -3.71. The molecule has 0 saturated heterocycles. The highest BCUT2D eigenvalue weighted by Gasteiger charge is 2.13. The zero-order valence-corrected chi connectivity index (χ0v) is 18.7. The van der Waals surface area contributed by atoms with Crippen LogP contribution in [-0.4, -0.2) is 30.5 Å². The molecule has 3 aromatic carbocycles. The fraction of sp³-hybridized carbons (Fsp3) is 0.160. The van der Waals surface area contributed by atoms with E-state index in [1.165, 1.54) is 11.3 Å². The van der Waals surface area contributed by atoms with E-state index in [1.54, 1.807) is 7.11 Å². The smallest absolute Gasteiger partial charge is 0.245 e. The van der Waals surface area contributed by atoms with E-state index in [9.17, 15) is 9.59 Å². The Morgan fingerprint density at radius 3 is 2.69 bits per heavy atom. The summed E-state index contributed by atoms with van der Waals surface area (Å²) in [7, 11) is 1.62. The molecule has 32 heavy (non-hydrogen) atoms. The molecule has 4 rings (SSSR count). The van der Waals surface area contributed by atoms with Gasteiger partial charge in [-0.25, -0.2) is 4.98 Å². The molecule has 0 aliphatic heterocycles. The summed E-state index contributed by atoms with van der Waals surface area (Å²) >= 11 is 1.32. The molecule has 0 saturated carbocycles. The van der Waals surface area contributed by atoms with Crippen molar-refractivity contribution in [2.24, 2.45) is 0 Å². The van der Waals surface area contributed by atoms with Crippen molar-refractivity contribution < 1.29 is 14.3 Å². The number of carbonyl (C=O) groups is 2. The Morgan fingerprint density at radius 1 is 1.03 bits per heavy atom. The number of amides is 2. The van der Waals surface area contributed by atoms with Crippen LogP contribution in [0.3, 0.4) is 0 Å². The second kappa shape index (κ2) is 9.62. The first-order chi connectivity index (χ1) is 15.5. The molecule has 1 heterocycles. The Morgan fingerprint density at radius 2 is 1.84 bits per heavy atom. The van der Waals surface area contributed by atoms with E-state index >= 15 is 0 Å². The maximum Gasteiger partial charge on any atom is 0.245 e. The summed E-state index contributed by atoms with van der Waals surface area (Å²) < 4.78 is 5.42. The Kier molecular flexibility index (Phi) is 6.47. The zero-order valence-electron chi connectivity index (χ0n) is 17.8. The average Bonchev–Trinajstić information content (AvgIpc) is 3.26.